The Morgan fingerprint density at radius 3 is 2.41 bits per heavy atom. The Morgan fingerprint density at radius 1 is 0.963 bits per heavy atom. The van der Waals surface area contributed by atoms with Crippen LogP contribution in [0.3, 0.4) is 0 Å². The summed E-state index contributed by atoms with van der Waals surface area (Å²) in [5.74, 6) is 0.562. The van der Waals surface area contributed by atoms with Crippen LogP contribution >= 0.6 is 0 Å². The van der Waals surface area contributed by atoms with Crippen molar-refractivity contribution >= 4 is 17.8 Å². The molecule has 8 heteroatoms. The third-order valence-electron chi connectivity index (χ3n) is 3.71. The molecule has 0 aliphatic heterocycles. The highest BCUT2D eigenvalue weighted by Gasteiger charge is 2.18. The van der Waals surface area contributed by atoms with E-state index >= 15 is 0 Å². The summed E-state index contributed by atoms with van der Waals surface area (Å²) in [6.07, 6.45) is 2.84. The van der Waals surface area contributed by atoms with Gasteiger partial charge in [-0.05, 0) is 23.8 Å². The molecule has 0 saturated heterocycles. The number of nitro groups is 1. The number of aromatic amines is 2. The first kappa shape index (κ1) is 17.9. The molecule has 0 saturated carbocycles. The van der Waals surface area contributed by atoms with Gasteiger partial charge >= 0.3 is 16.9 Å². The second kappa shape index (κ2) is 7.96. The summed E-state index contributed by atoms with van der Waals surface area (Å²) in [4.78, 5) is 37.5. The van der Waals surface area contributed by atoms with Gasteiger partial charge in [-0.15, -0.1) is 0 Å². The van der Waals surface area contributed by atoms with Crippen molar-refractivity contribution in [2.24, 2.45) is 0 Å². The van der Waals surface area contributed by atoms with Gasteiger partial charge in [0.1, 0.15) is 18.1 Å². The number of benzene rings is 2. The fourth-order valence-electron chi connectivity index (χ4n) is 2.46. The Kier molecular flexibility index (Phi) is 5.27. The monoisotopic (exact) mass is 365 g/mol. The summed E-state index contributed by atoms with van der Waals surface area (Å²) < 4.78 is 5.81. The quantitative estimate of drug-likeness (QED) is 0.514. The summed E-state index contributed by atoms with van der Waals surface area (Å²) in [5, 5.41) is 11.1. The molecule has 0 spiro atoms. The van der Waals surface area contributed by atoms with E-state index in [0.29, 0.717) is 17.9 Å². The van der Waals surface area contributed by atoms with Crippen molar-refractivity contribution in [1.82, 2.24) is 9.97 Å². The molecule has 136 valence electrons. The molecular formula is C19H15N3O5. The van der Waals surface area contributed by atoms with Gasteiger partial charge in [0, 0.05) is 5.56 Å². The van der Waals surface area contributed by atoms with E-state index in [1.807, 2.05) is 35.3 Å². The molecule has 0 radical (unpaired) electrons. The molecule has 3 aromatic rings. The Balaban J connectivity index is 1.90. The fraction of sp³-hybridized carbons (Fsp3) is 0.0526. The highest BCUT2D eigenvalue weighted by molar-refractivity contribution is 5.74. The minimum atomic E-state index is -1.06. The van der Waals surface area contributed by atoms with E-state index in [1.54, 1.807) is 24.3 Å². The van der Waals surface area contributed by atoms with Crippen LogP contribution in [0.5, 0.6) is 5.75 Å². The first-order valence-electron chi connectivity index (χ1n) is 7.99. The van der Waals surface area contributed by atoms with Crippen LogP contribution < -0.4 is 16.0 Å². The minimum absolute atomic E-state index is 0.188. The summed E-state index contributed by atoms with van der Waals surface area (Å²) in [7, 11) is 0. The maximum absolute atomic E-state index is 11.7. The number of rotatable bonds is 6. The van der Waals surface area contributed by atoms with Crippen molar-refractivity contribution in [3.05, 3.63) is 102 Å². The van der Waals surface area contributed by atoms with Gasteiger partial charge in [0.25, 0.3) is 0 Å². The lowest BCUT2D eigenvalue weighted by Crippen LogP contribution is -2.25. The predicted molar refractivity (Wildman–Crippen MR) is 100 cm³/mol. The van der Waals surface area contributed by atoms with E-state index in [9.17, 15) is 19.7 Å². The standard InChI is InChI=1S/C19H15N3O5/c23-18-17(22(25)26)15(20-19(24)21-18)11-10-14-8-4-5-9-16(14)27-12-13-6-2-1-3-7-13/h1-11H,12H2,(H2,20,21,23,24). The number of nitrogens with one attached hydrogen (secondary N) is 2. The van der Waals surface area contributed by atoms with Crippen LogP contribution in [-0.4, -0.2) is 14.9 Å². The number of ether oxygens (including phenoxy) is 1. The third-order valence-corrected chi connectivity index (χ3v) is 3.71. The number of hydrogen-bond donors (Lipinski definition) is 2. The normalized spacial score (nSPS) is 10.8. The largest absolute Gasteiger partial charge is 0.488 e. The predicted octanol–water partition coefficient (Wildman–Crippen LogP) is 2.72. The fourth-order valence-corrected chi connectivity index (χ4v) is 2.46. The van der Waals surface area contributed by atoms with Gasteiger partial charge in [-0.2, -0.15) is 0 Å². The topological polar surface area (TPSA) is 118 Å². The van der Waals surface area contributed by atoms with Crippen molar-refractivity contribution in [1.29, 1.82) is 0 Å². The Morgan fingerprint density at radius 2 is 1.67 bits per heavy atom. The maximum atomic E-state index is 11.7. The molecule has 1 heterocycles. The molecule has 2 N–H and O–H groups in total. The van der Waals surface area contributed by atoms with E-state index in [-0.39, 0.29) is 5.69 Å². The molecule has 3 rings (SSSR count). The molecule has 2 aromatic carbocycles. The molecular weight excluding hydrogens is 350 g/mol. The zero-order valence-electron chi connectivity index (χ0n) is 14.0. The maximum Gasteiger partial charge on any atom is 0.357 e. The van der Waals surface area contributed by atoms with E-state index < -0.39 is 21.9 Å². The molecule has 1 aromatic heterocycles. The summed E-state index contributed by atoms with van der Waals surface area (Å²) in [5.41, 5.74) is -1.16. The minimum Gasteiger partial charge on any atom is -0.488 e. The molecule has 0 fully saturated rings. The van der Waals surface area contributed by atoms with Crippen LogP contribution in [0.1, 0.15) is 16.8 Å². The molecule has 27 heavy (non-hydrogen) atoms. The van der Waals surface area contributed by atoms with Crippen molar-refractivity contribution < 1.29 is 9.66 Å². The van der Waals surface area contributed by atoms with Crippen LogP contribution in [0, 0.1) is 10.1 Å². The van der Waals surface area contributed by atoms with Crippen LogP contribution in [-0.2, 0) is 6.61 Å². The molecule has 0 aliphatic carbocycles. The van der Waals surface area contributed by atoms with Crippen LogP contribution in [0.2, 0.25) is 0 Å². The average molecular weight is 365 g/mol. The lowest BCUT2D eigenvalue weighted by Gasteiger charge is -2.09. The van der Waals surface area contributed by atoms with Gasteiger partial charge < -0.3 is 9.72 Å². The van der Waals surface area contributed by atoms with Gasteiger partial charge in [-0.1, -0.05) is 48.5 Å². The zero-order valence-corrected chi connectivity index (χ0v) is 14.0. The lowest BCUT2D eigenvalue weighted by molar-refractivity contribution is -0.386. The Hall–Kier alpha value is -3.94. The molecule has 0 amide bonds. The first-order valence-corrected chi connectivity index (χ1v) is 7.99. The molecule has 8 nitrogen and oxygen atoms in total. The van der Waals surface area contributed by atoms with Gasteiger partial charge in [-0.25, -0.2) is 4.79 Å². The Bertz CT molecular complexity index is 1100. The highest BCUT2D eigenvalue weighted by Crippen LogP contribution is 2.22. The van der Waals surface area contributed by atoms with Crippen LogP contribution in [0.4, 0.5) is 5.69 Å². The van der Waals surface area contributed by atoms with E-state index in [1.165, 1.54) is 12.2 Å². The number of nitrogens with zero attached hydrogens (tertiary/aromatic N) is 1. The molecule has 0 unspecified atom stereocenters. The van der Waals surface area contributed by atoms with Crippen molar-refractivity contribution in [3.63, 3.8) is 0 Å². The summed E-state index contributed by atoms with van der Waals surface area (Å²) >= 11 is 0. The number of hydrogen-bond acceptors (Lipinski definition) is 5. The average Bonchev–Trinajstić information content (AvgIpc) is 2.65. The second-order valence-corrected chi connectivity index (χ2v) is 5.57. The van der Waals surface area contributed by atoms with Crippen molar-refractivity contribution in [2.75, 3.05) is 0 Å². The molecule has 0 aliphatic rings. The molecule has 0 atom stereocenters. The highest BCUT2D eigenvalue weighted by atomic mass is 16.6. The SMILES string of the molecule is O=c1[nH]c(C=Cc2ccccc2OCc2ccccc2)c([N+](=O)[O-])c(=O)[nH]1. The number of H-pyrrole nitrogens is 2. The number of para-hydroxylation sites is 1. The van der Waals surface area contributed by atoms with E-state index in [0.717, 1.165) is 5.56 Å². The third kappa shape index (κ3) is 4.37. The smallest absolute Gasteiger partial charge is 0.357 e. The second-order valence-electron chi connectivity index (χ2n) is 5.57. The Labute approximate surface area is 152 Å². The number of aromatic nitrogens is 2. The van der Waals surface area contributed by atoms with Gasteiger partial charge in [0.2, 0.25) is 0 Å². The van der Waals surface area contributed by atoms with E-state index in [2.05, 4.69) is 4.98 Å². The first-order chi connectivity index (χ1) is 13.0. The summed E-state index contributed by atoms with van der Waals surface area (Å²) in [6.45, 7) is 0.355. The summed E-state index contributed by atoms with van der Waals surface area (Å²) in [6, 6.07) is 16.7. The van der Waals surface area contributed by atoms with E-state index in [4.69, 9.17) is 4.74 Å². The van der Waals surface area contributed by atoms with Gasteiger partial charge in [0.05, 0.1) is 4.92 Å². The van der Waals surface area contributed by atoms with Crippen LogP contribution in [0.15, 0.2) is 64.2 Å². The lowest BCUT2D eigenvalue weighted by atomic mass is 10.1. The molecule has 0 bridgehead atoms. The van der Waals surface area contributed by atoms with Crippen molar-refractivity contribution in [2.45, 2.75) is 6.61 Å². The van der Waals surface area contributed by atoms with Gasteiger partial charge in [0.15, 0.2) is 0 Å². The van der Waals surface area contributed by atoms with Crippen molar-refractivity contribution in [3.8, 4) is 5.75 Å². The van der Waals surface area contributed by atoms with Crippen LogP contribution in [0.25, 0.3) is 12.2 Å². The zero-order chi connectivity index (χ0) is 19.2. The van der Waals surface area contributed by atoms with Gasteiger partial charge in [-0.3, -0.25) is 19.9 Å².